The number of hydrogen-bond acceptors (Lipinski definition) is 3. The molecular formula is C29H33ClN2O3. The molecular weight excluding hydrogens is 460 g/mol. The number of halogens is 1. The molecule has 2 amide bonds. The van der Waals surface area contributed by atoms with Crippen molar-refractivity contribution in [1.82, 2.24) is 10.2 Å². The van der Waals surface area contributed by atoms with Crippen molar-refractivity contribution in [3.05, 3.63) is 101 Å². The van der Waals surface area contributed by atoms with Gasteiger partial charge in [0.05, 0.1) is 13.2 Å². The van der Waals surface area contributed by atoms with Crippen LogP contribution < -0.4 is 10.1 Å². The van der Waals surface area contributed by atoms with Crippen LogP contribution in [0.1, 0.15) is 56.0 Å². The minimum Gasteiger partial charge on any atom is -0.497 e. The number of carbonyl (C=O) groups excluding carboxylic acids is 2. The van der Waals surface area contributed by atoms with Gasteiger partial charge >= 0.3 is 0 Å². The number of rotatable bonds is 10. The van der Waals surface area contributed by atoms with Crippen LogP contribution in [0.4, 0.5) is 0 Å². The van der Waals surface area contributed by atoms with Crippen molar-refractivity contribution >= 4 is 23.4 Å². The van der Waals surface area contributed by atoms with Crippen molar-refractivity contribution in [3.8, 4) is 5.75 Å². The average Bonchev–Trinajstić information content (AvgIpc) is 2.87. The molecule has 0 aliphatic carbocycles. The van der Waals surface area contributed by atoms with Crippen LogP contribution in [0.15, 0.2) is 78.9 Å². The Balaban J connectivity index is 1.85. The predicted molar refractivity (Wildman–Crippen MR) is 140 cm³/mol. The Morgan fingerprint density at radius 3 is 2.09 bits per heavy atom. The highest BCUT2D eigenvalue weighted by Crippen LogP contribution is 2.27. The quantitative estimate of drug-likeness (QED) is 0.370. The summed E-state index contributed by atoms with van der Waals surface area (Å²) >= 11 is 6.11. The number of aryl methyl sites for hydroxylation is 1. The molecule has 0 aliphatic heterocycles. The highest BCUT2D eigenvalue weighted by molar-refractivity contribution is 6.30. The molecule has 6 heteroatoms. The standard InChI is InChI=1S/C29H33ClN2O3/c1-20(2)32(27(33)19-12-22-10-17-26(35-4)18-11-22)28(24-13-15-25(30)16-14-24)29(34)31-21(3)23-8-6-5-7-9-23/h5-11,13-18,20-21,28H,12,19H2,1-4H3,(H,31,34). The first-order valence-corrected chi connectivity index (χ1v) is 12.2. The molecule has 3 aromatic carbocycles. The molecule has 3 rings (SSSR count). The molecule has 0 saturated heterocycles. The number of nitrogens with zero attached hydrogens (tertiary/aromatic N) is 1. The van der Waals surface area contributed by atoms with Crippen molar-refractivity contribution in [3.63, 3.8) is 0 Å². The Labute approximate surface area is 213 Å². The van der Waals surface area contributed by atoms with Gasteiger partial charge in [-0.05, 0) is 68.1 Å². The molecule has 1 N–H and O–H groups in total. The van der Waals surface area contributed by atoms with Crippen LogP contribution >= 0.6 is 11.6 Å². The van der Waals surface area contributed by atoms with E-state index < -0.39 is 6.04 Å². The van der Waals surface area contributed by atoms with Crippen molar-refractivity contribution in [2.45, 2.75) is 51.7 Å². The molecule has 0 aromatic heterocycles. The van der Waals surface area contributed by atoms with Gasteiger partial charge in [0.15, 0.2) is 0 Å². The fourth-order valence-electron chi connectivity index (χ4n) is 4.10. The van der Waals surface area contributed by atoms with E-state index >= 15 is 0 Å². The van der Waals surface area contributed by atoms with Crippen LogP contribution in [0.2, 0.25) is 5.02 Å². The highest BCUT2D eigenvalue weighted by Gasteiger charge is 2.33. The van der Waals surface area contributed by atoms with E-state index in [0.717, 1.165) is 22.4 Å². The Kier molecular flexibility index (Phi) is 9.32. The Morgan fingerprint density at radius 2 is 1.51 bits per heavy atom. The molecule has 0 saturated carbocycles. The molecule has 2 unspecified atom stereocenters. The molecule has 0 spiro atoms. The average molecular weight is 493 g/mol. The third-order valence-corrected chi connectivity index (χ3v) is 6.25. The maximum absolute atomic E-state index is 13.7. The summed E-state index contributed by atoms with van der Waals surface area (Å²) in [5, 5.41) is 3.68. The third kappa shape index (κ3) is 7.09. The second-order valence-electron chi connectivity index (χ2n) is 8.84. The van der Waals surface area contributed by atoms with Gasteiger partial charge in [-0.15, -0.1) is 0 Å². The SMILES string of the molecule is COc1ccc(CCC(=O)N(C(C)C)C(C(=O)NC(C)c2ccccc2)c2ccc(Cl)cc2)cc1. The summed E-state index contributed by atoms with van der Waals surface area (Å²) in [4.78, 5) is 28.9. The van der Waals surface area contributed by atoms with Crippen molar-refractivity contribution in [1.29, 1.82) is 0 Å². The lowest BCUT2D eigenvalue weighted by molar-refractivity contribution is -0.143. The van der Waals surface area contributed by atoms with Gasteiger partial charge in [0.25, 0.3) is 0 Å². The molecule has 184 valence electrons. The van der Waals surface area contributed by atoms with Crippen LogP contribution in [-0.2, 0) is 16.0 Å². The number of amides is 2. The first-order valence-electron chi connectivity index (χ1n) is 11.8. The van der Waals surface area contributed by atoms with Gasteiger partial charge < -0.3 is 15.0 Å². The lowest BCUT2D eigenvalue weighted by Crippen LogP contribution is -2.47. The molecule has 3 aromatic rings. The van der Waals surface area contributed by atoms with E-state index in [1.807, 2.05) is 87.5 Å². The summed E-state index contributed by atoms with van der Waals surface area (Å²) in [5.41, 5.74) is 2.75. The van der Waals surface area contributed by atoms with Gasteiger partial charge in [0.1, 0.15) is 11.8 Å². The summed E-state index contributed by atoms with van der Waals surface area (Å²) in [6, 6.07) is 23.4. The van der Waals surface area contributed by atoms with E-state index in [-0.39, 0.29) is 30.3 Å². The molecule has 0 radical (unpaired) electrons. The third-order valence-electron chi connectivity index (χ3n) is 6.00. The monoisotopic (exact) mass is 492 g/mol. The van der Waals surface area contributed by atoms with E-state index in [0.29, 0.717) is 11.4 Å². The van der Waals surface area contributed by atoms with Crippen LogP contribution in [-0.4, -0.2) is 29.9 Å². The summed E-state index contributed by atoms with van der Waals surface area (Å²) in [5.74, 6) is 0.462. The number of methoxy groups -OCH3 is 1. The molecule has 5 nitrogen and oxygen atoms in total. The number of ether oxygens (including phenoxy) is 1. The van der Waals surface area contributed by atoms with E-state index in [1.165, 1.54) is 0 Å². The Bertz CT molecular complexity index is 1100. The predicted octanol–water partition coefficient (Wildman–Crippen LogP) is 6.14. The van der Waals surface area contributed by atoms with Crippen LogP contribution in [0.25, 0.3) is 0 Å². The van der Waals surface area contributed by atoms with Gasteiger partial charge in [0, 0.05) is 17.5 Å². The Hall–Kier alpha value is -3.31. The second kappa shape index (κ2) is 12.4. The molecule has 2 atom stereocenters. The highest BCUT2D eigenvalue weighted by atomic mass is 35.5. The second-order valence-corrected chi connectivity index (χ2v) is 9.27. The van der Waals surface area contributed by atoms with Gasteiger partial charge in [-0.25, -0.2) is 0 Å². The lowest BCUT2D eigenvalue weighted by atomic mass is 10.00. The van der Waals surface area contributed by atoms with E-state index in [2.05, 4.69) is 5.32 Å². The molecule has 0 fully saturated rings. The zero-order chi connectivity index (χ0) is 25.4. The molecule has 35 heavy (non-hydrogen) atoms. The van der Waals surface area contributed by atoms with E-state index in [4.69, 9.17) is 16.3 Å². The zero-order valence-corrected chi connectivity index (χ0v) is 21.5. The van der Waals surface area contributed by atoms with Gasteiger partial charge in [-0.2, -0.15) is 0 Å². The number of carbonyl (C=O) groups is 2. The lowest BCUT2D eigenvalue weighted by Gasteiger charge is -2.35. The molecule has 0 aliphatic rings. The number of benzene rings is 3. The fraction of sp³-hybridized carbons (Fsp3) is 0.310. The smallest absolute Gasteiger partial charge is 0.247 e. The maximum atomic E-state index is 13.7. The fourth-order valence-corrected chi connectivity index (χ4v) is 4.23. The van der Waals surface area contributed by atoms with Crippen molar-refractivity contribution in [2.24, 2.45) is 0 Å². The van der Waals surface area contributed by atoms with Crippen molar-refractivity contribution in [2.75, 3.05) is 7.11 Å². The number of nitrogens with one attached hydrogen (secondary N) is 1. The van der Waals surface area contributed by atoms with Crippen LogP contribution in [0, 0.1) is 0 Å². The topological polar surface area (TPSA) is 58.6 Å². The summed E-state index contributed by atoms with van der Waals surface area (Å²) in [7, 11) is 1.62. The Morgan fingerprint density at radius 1 is 0.886 bits per heavy atom. The van der Waals surface area contributed by atoms with Crippen LogP contribution in [0.3, 0.4) is 0 Å². The minimum atomic E-state index is -0.776. The van der Waals surface area contributed by atoms with Gasteiger partial charge in [-0.3, -0.25) is 9.59 Å². The summed E-state index contributed by atoms with van der Waals surface area (Å²) in [6.07, 6.45) is 0.859. The summed E-state index contributed by atoms with van der Waals surface area (Å²) < 4.78 is 5.21. The molecule has 0 heterocycles. The van der Waals surface area contributed by atoms with Crippen LogP contribution in [0.5, 0.6) is 5.75 Å². The van der Waals surface area contributed by atoms with Gasteiger partial charge in [0.2, 0.25) is 11.8 Å². The van der Waals surface area contributed by atoms with E-state index in [9.17, 15) is 9.59 Å². The van der Waals surface area contributed by atoms with E-state index in [1.54, 1.807) is 24.1 Å². The largest absolute Gasteiger partial charge is 0.497 e. The zero-order valence-electron chi connectivity index (χ0n) is 20.7. The van der Waals surface area contributed by atoms with Gasteiger partial charge in [-0.1, -0.05) is 66.2 Å². The summed E-state index contributed by atoms with van der Waals surface area (Å²) in [6.45, 7) is 5.81. The first kappa shape index (κ1) is 26.3. The molecule has 0 bridgehead atoms. The normalized spacial score (nSPS) is 12.6. The minimum absolute atomic E-state index is 0.0849. The van der Waals surface area contributed by atoms with Crippen molar-refractivity contribution < 1.29 is 14.3 Å². The first-order chi connectivity index (χ1) is 16.8. The number of hydrogen-bond donors (Lipinski definition) is 1. The maximum Gasteiger partial charge on any atom is 0.247 e.